The van der Waals surface area contributed by atoms with E-state index in [1.54, 1.807) is 12.1 Å². The highest BCUT2D eigenvalue weighted by Crippen LogP contribution is 2.23. The van der Waals surface area contributed by atoms with Crippen LogP contribution in [0.4, 0.5) is 0 Å². The summed E-state index contributed by atoms with van der Waals surface area (Å²) in [5, 5.41) is 0.522. The van der Waals surface area contributed by atoms with Gasteiger partial charge in [-0.05, 0) is 31.5 Å². The minimum absolute atomic E-state index is 0.162. The van der Waals surface area contributed by atoms with Crippen LogP contribution < -0.4 is 16.0 Å². The summed E-state index contributed by atoms with van der Waals surface area (Å²) < 4.78 is 5.55. The predicted octanol–water partition coefficient (Wildman–Crippen LogP) is 1.89. The van der Waals surface area contributed by atoms with E-state index in [1.807, 2.05) is 12.1 Å². The number of aromatic amines is 1. The molecular formula is C14H16ClN3O2. The van der Waals surface area contributed by atoms with Crippen LogP contribution in [-0.2, 0) is 13.0 Å². The van der Waals surface area contributed by atoms with Gasteiger partial charge in [-0.15, -0.1) is 0 Å². The fourth-order valence-corrected chi connectivity index (χ4v) is 1.94. The van der Waals surface area contributed by atoms with Crippen molar-refractivity contribution in [3.8, 4) is 5.75 Å². The molecule has 20 heavy (non-hydrogen) atoms. The quantitative estimate of drug-likeness (QED) is 0.852. The van der Waals surface area contributed by atoms with Gasteiger partial charge in [0.15, 0.2) is 0 Å². The first-order valence-electron chi connectivity index (χ1n) is 6.35. The molecule has 3 N–H and O–H groups in total. The van der Waals surface area contributed by atoms with Gasteiger partial charge in [-0.3, -0.25) is 4.79 Å². The van der Waals surface area contributed by atoms with Gasteiger partial charge in [-0.25, -0.2) is 4.98 Å². The molecule has 0 aliphatic heterocycles. The molecule has 1 heterocycles. The number of nitrogens with two attached hydrogens (primary N) is 1. The zero-order valence-electron chi connectivity index (χ0n) is 10.9. The van der Waals surface area contributed by atoms with Crippen LogP contribution in [0.5, 0.6) is 5.75 Å². The maximum Gasteiger partial charge on any atom is 0.251 e. The summed E-state index contributed by atoms with van der Waals surface area (Å²) >= 11 is 5.99. The van der Waals surface area contributed by atoms with Gasteiger partial charge >= 0.3 is 0 Å². The number of aryl methyl sites for hydroxylation is 1. The Labute approximate surface area is 121 Å². The van der Waals surface area contributed by atoms with Crippen LogP contribution in [0, 0.1) is 0 Å². The third-order valence-corrected chi connectivity index (χ3v) is 2.99. The van der Waals surface area contributed by atoms with Crippen LogP contribution in [0.1, 0.15) is 17.9 Å². The number of ether oxygens (including phenoxy) is 1. The van der Waals surface area contributed by atoms with Gasteiger partial charge in [0, 0.05) is 11.8 Å². The van der Waals surface area contributed by atoms with Crippen molar-refractivity contribution < 1.29 is 4.74 Å². The lowest BCUT2D eigenvalue weighted by Crippen LogP contribution is -2.15. The first kappa shape index (κ1) is 14.6. The van der Waals surface area contributed by atoms with Crippen molar-refractivity contribution in [3.05, 3.63) is 57.2 Å². The van der Waals surface area contributed by atoms with E-state index in [9.17, 15) is 4.79 Å². The van der Waals surface area contributed by atoms with E-state index in [4.69, 9.17) is 22.1 Å². The highest BCUT2D eigenvalue weighted by molar-refractivity contribution is 6.32. The second-order valence-electron chi connectivity index (χ2n) is 4.29. The average molecular weight is 294 g/mol. The Morgan fingerprint density at radius 3 is 2.90 bits per heavy atom. The Kier molecular flexibility index (Phi) is 5.15. The molecule has 2 rings (SSSR count). The number of para-hydroxylation sites is 1. The first-order chi connectivity index (χ1) is 9.69. The second-order valence-corrected chi connectivity index (χ2v) is 4.70. The van der Waals surface area contributed by atoms with Gasteiger partial charge in [0.05, 0.1) is 5.02 Å². The number of H-pyrrole nitrogens is 1. The number of nitrogens with zero attached hydrogens (tertiary/aromatic N) is 1. The highest BCUT2D eigenvalue weighted by atomic mass is 35.5. The number of halogens is 1. The molecule has 1 aromatic heterocycles. The molecule has 2 aromatic rings. The molecule has 0 unspecified atom stereocenters. The SMILES string of the molecule is NCCCc1cc(=O)[nH]c(COc2ccccc2Cl)n1. The third kappa shape index (κ3) is 4.08. The van der Waals surface area contributed by atoms with Crippen molar-refractivity contribution in [1.29, 1.82) is 0 Å². The number of rotatable bonds is 6. The Hall–Kier alpha value is -1.85. The van der Waals surface area contributed by atoms with E-state index in [2.05, 4.69) is 9.97 Å². The van der Waals surface area contributed by atoms with Crippen molar-refractivity contribution in [2.45, 2.75) is 19.4 Å². The Bertz CT molecular complexity index is 628. The molecule has 0 aliphatic carbocycles. The van der Waals surface area contributed by atoms with Crippen molar-refractivity contribution >= 4 is 11.6 Å². The minimum atomic E-state index is -0.190. The van der Waals surface area contributed by atoms with E-state index in [-0.39, 0.29) is 12.2 Å². The summed E-state index contributed by atoms with van der Waals surface area (Å²) in [6, 6.07) is 8.63. The maximum atomic E-state index is 11.5. The number of aromatic nitrogens is 2. The third-order valence-electron chi connectivity index (χ3n) is 2.68. The van der Waals surface area contributed by atoms with Gasteiger partial charge in [0.2, 0.25) is 0 Å². The Morgan fingerprint density at radius 1 is 1.35 bits per heavy atom. The molecule has 0 aliphatic rings. The number of nitrogens with one attached hydrogen (secondary N) is 1. The first-order valence-corrected chi connectivity index (χ1v) is 6.73. The molecule has 6 heteroatoms. The molecule has 106 valence electrons. The van der Waals surface area contributed by atoms with Crippen molar-refractivity contribution in [3.63, 3.8) is 0 Å². The fraction of sp³-hybridized carbons (Fsp3) is 0.286. The molecule has 0 spiro atoms. The molecule has 0 amide bonds. The standard InChI is InChI=1S/C14H16ClN3O2/c15-11-5-1-2-6-12(11)20-9-13-17-10(4-3-7-16)8-14(19)18-13/h1-2,5-6,8H,3-4,7,9,16H2,(H,17,18,19). The molecule has 0 saturated carbocycles. The van der Waals surface area contributed by atoms with Crippen molar-refractivity contribution in [2.75, 3.05) is 6.54 Å². The zero-order chi connectivity index (χ0) is 14.4. The summed E-state index contributed by atoms with van der Waals surface area (Å²) in [5.41, 5.74) is 5.98. The van der Waals surface area contributed by atoms with Gasteiger partial charge < -0.3 is 15.5 Å². The van der Waals surface area contributed by atoms with Crippen LogP contribution in [0.3, 0.4) is 0 Å². The summed E-state index contributed by atoms with van der Waals surface area (Å²) in [7, 11) is 0. The lowest BCUT2D eigenvalue weighted by atomic mass is 10.2. The number of hydrogen-bond donors (Lipinski definition) is 2. The van der Waals surface area contributed by atoms with Crippen LogP contribution in [-0.4, -0.2) is 16.5 Å². The minimum Gasteiger partial charge on any atom is -0.484 e. The molecule has 0 atom stereocenters. The number of benzene rings is 1. The largest absolute Gasteiger partial charge is 0.484 e. The molecule has 0 saturated heterocycles. The van der Waals surface area contributed by atoms with Crippen molar-refractivity contribution in [1.82, 2.24) is 9.97 Å². The van der Waals surface area contributed by atoms with Gasteiger partial charge in [-0.1, -0.05) is 23.7 Å². The average Bonchev–Trinajstić information content (AvgIpc) is 2.44. The molecule has 0 fully saturated rings. The van der Waals surface area contributed by atoms with Gasteiger partial charge in [-0.2, -0.15) is 0 Å². The van der Waals surface area contributed by atoms with Crippen LogP contribution in [0.15, 0.2) is 35.1 Å². The molecule has 5 nitrogen and oxygen atoms in total. The fourth-order valence-electron chi connectivity index (χ4n) is 1.75. The monoisotopic (exact) mass is 293 g/mol. The predicted molar refractivity (Wildman–Crippen MR) is 78.0 cm³/mol. The zero-order valence-corrected chi connectivity index (χ0v) is 11.7. The molecule has 1 aromatic carbocycles. The maximum absolute atomic E-state index is 11.5. The Morgan fingerprint density at radius 2 is 2.15 bits per heavy atom. The van der Waals surface area contributed by atoms with Crippen LogP contribution in [0.2, 0.25) is 5.02 Å². The van der Waals surface area contributed by atoms with Crippen LogP contribution in [0.25, 0.3) is 0 Å². The lowest BCUT2D eigenvalue weighted by Gasteiger charge is -2.08. The summed E-state index contributed by atoms with van der Waals surface area (Å²) in [5.74, 6) is 1.04. The van der Waals surface area contributed by atoms with E-state index in [0.717, 1.165) is 12.1 Å². The smallest absolute Gasteiger partial charge is 0.251 e. The lowest BCUT2D eigenvalue weighted by molar-refractivity contribution is 0.295. The molecule has 0 radical (unpaired) electrons. The molecular weight excluding hydrogens is 278 g/mol. The normalized spacial score (nSPS) is 10.5. The van der Waals surface area contributed by atoms with E-state index < -0.39 is 0 Å². The van der Waals surface area contributed by atoms with E-state index in [1.165, 1.54) is 6.07 Å². The second kappa shape index (κ2) is 7.07. The Balaban J connectivity index is 2.07. The van der Waals surface area contributed by atoms with Gasteiger partial charge in [0.1, 0.15) is 18.2 Å². The van der Waals surface area contributed by atoms with E-state index in [0.29, 0.717) is 29.6 Å². The topological polar surface area (TPSA) is 81.0 Å². The number of hydrogen-bond acceptors (Lipinski definition) is 4. The van der Waals surface area contributed by atoms with Crippen molar-refractivity contribution in [2.24, 2.45) is 5.73 Å². The summed E-state index contributed by atoms with van der Waals surface area (Å²) in [6.45, 7) is 0.732. The summed E-state index contributed by atoms with van der Waals surface area (Å²) in [4.78, 5) is 18.5. The highest BCUT2D eigenvalue weighted by Gasteiger charge is 2.04. The van der Waals surface area contributed by atoms with Crippen LogP contribution >= 0.6 is 11.6 Å². The van der Waals surface area contributed by atoms with E-state index >= 15 is 0 Å². The van der Waals surface area contributed by atoms with Gasteiger partial charge in [0.25, 0.3) is 5.56 Å². The molecule has 0 bridgehead atoms. The summed E-state index contributed by atoms with van der Waals surface area (Å²) in [6.07, 6.45) is 1.47.